The van der Waals surface area contributed by atoms with Crippen LogP contribution >= 0.6 is 22.6 Å². The predicted octanol–water partition coefficient (Wildman–Crippen LogP) is 2.37. The first-order valence-corrected chi connectivity index (χ1v) is 8.81. The van der Waals surface area contributed by atoms with Crippen LogP contribution in [0.25, 0.3) is 0 Å². The van der Waals surface area contributed by atoms with Gasteiger partial charge in [0.05, 0.1) is 4.90 Å². The smallest absolute Gasteiger partial charge is 0.240 e. The van der Waals surface area contributed by atoms with E-state index in [-0.39, 0.29) is 23.5 Å². The third kappa shape index (κ3) is 4.40. The van der Waals surface area contributed by atoms with E-state index in [1.54, 1.807) is 24.3 Å². The molecule has 19 heavy (non-hydrogen) atoms. The molecular weight excluding hydrogens is 377 g/mol. The quantitative estimate of drug-likeness (QED) is 0.695. The maximum Gasteiger partial charge on any atom is 0.240 e. The molecule has 4 nitrogen and oxygen atoms in total. The van der Waals surface area contributed by atoms with E-state index in [4.69, 9.17) is 0 Å². The second-order valence-electron chi connectivity index (χ2n) is 4.64. The Balaban J connectivity index is 2.83. The molecule has 0 radical (unpaired) electrons. The molecule has 0 aliphatic carbocycles. The first kappa shape index (κ1) is 16.9. The van der Waals surface area contributed by atoms with Gasteiger partial charge >= 0.3 is 0 Å². The molecule has 0 bridgehead atoms. The van der Waals surface area contributed by atoms with Crippen LogP contribution < -0.4 is 4.72 Å². The first-order valence-electron chi connectivity index (χ1n) is 6.25. The van der Waals surface area contributed by atoms with Gasteiger partial charge in [-0.15, -0.1) is 0 Å². The van der Waals surface area contributed by atoms with Crippen LogP contribution in [0.15, 0.2) is 29.2 Å². The summed E-state index contributed by atoms with van der Waals surface area (Å²) in [5, 5.41) is 9.44. The molecule has 1 aromatic carbocycles. The fraction of sp³-hybridized carbons (Fsp3) is 0.538. The van der Waals surface area contributed by atoms with Crippen LogP contribution in [-0.4, -0.2) is 26.7 Å². The van der Waals surface area contributed by atoms with E-state index < -0.39 is 10.0 Å². The van der Waals surface area contributed by atoms with Crippen LogP contribution in [0.2, 0.25) is 0 Å². The molecule has 0 heterocycles. The fourth-order valence-corrected chi connectivity index (χ4v) is 3.24. The van der Waals surface area contributed by atoms with Crippen molar-refractivity contribution < 1.29 is 13.5 Å². The lowest BCUT2D eigenvalue weighted by Crippen LogP contribution is -2.39. The zero-order valence-corrected chi connectivity index (χ0v) is 14.2. The zero-order chi connectivity index (χ0) is 14.5. The van der Waals surface area contributed by atoms with E-state index in [1.165, 1.54) is 0 Å². The summed E-state index contributed by atoms with van der Waals surface area (Å²) >= 11 is 2.13. The largest absolute Gasteiger partial charge is 0.396 e. The van der Waals surface area contributed by atoms with Crippen molar-refractivity contribution in [1.29, 1.82) is 0 Å². The maximum atomic E-state index is 12.1. The SMILES string of the molecule is CCC(CC)(CO)CNS(=O)(=O)c1ccc(I)cc1. The summed E-state index contributed by atoms with van der Waals surface area (Å²) in [4.78, 5) is 0.256. The summed E-state index contributed by atoms with van der Waals surface area (Å²) in [6.07, 6.45) is 1.46. The summed E-state index contributed by atoms with van der Waals surface area (Å²) in [6.45, 7) is 4.15. The molecule has 0 aliphatic heterocycles. The fourth-order valence-electron chi connectivity index (χ4n) is 1.72. The number of aliphatic hydroxyl groups is 1. The minimum Gasteiger partial charge on any atom is -0.396 e. The number of rotatable bonds is 7. The van der Waals surface area contributed by atoms with Crippen LogP contribution in [0.3, 0.4) is 0 Å². The molecule has 0 atom stereocenters. The number of hydrogen-bond acceptors (Lipinski definition) is 3. The number of sulfonamides is 1. The maximum absolute atomic E-state index is 12.1. The highest BCUT2D eigenvalue weighted by atomic mass is 127. The van der Waals surface area contributed by atoms with E-state index in [0.717, 1.165) is 16.4 Å². The highest BCUT2D eigenvalue weighted by molar-refractivity contribution is 14.1. The Morgan fingerprint density at radius 2 is 1.74 bits per heavy atom. The second kappa shape index (κ2) is 7.01. The van der Waals surface area contributed by atoms with Crippen molar-refractivity contribution in [2.75, 3.05) is 13.2 Å². The van der Waals surface area contributed by atoms with Crippen molar-refractivity contribution in [1.82, 2.24) is 4.72 Å². The number of hydrogen-bond donors (Lipinski definition) is 2. The van der Waals surface area contributed by atoms with Gasteiger partial charge in [-0.2, -0.15) is 0 Å². The average molecular weight is 397 g/mol. The number of benzene rings is 1. The van der Waals surface area contributed by atoms with E-state index in [0.29, 0.717) is 0 Å². The average Bonchev–Trinajstić information content (AvgIpc) is 2.41. The molecule has 108 valence electrons. The van der Waals surface area contributed by atoms with Gasteiger partial charge in [0.25, 0.3) is 0 Å². The van der Waals surface area contributed by atoms with E-state index >= 15 is 0 Å². The van der Waals surface area contributed by atoms with Gasteiger partial charge in [-0.1, -0.05) is 13.8 Å². The minimum atomic E-state index is -3.50. The standard InChI is InChI=1S/C13H20INO3S/c1-3-13(4-2,10-16)9-15-19(17,18)12-7-5-11(14)6-8-12/h5-8,15-16H,3-4,9-10H2,1-2H3. The molecule has 1 rings (SSSR count). The molecular formula is C13H20INO3S. The molecule has 0 spiro atoms. The van der Waals surface area contributed by atoms with Gasteiger partial charge in [0.15, 0.2) is 0 Å². The topological polar surface area (TPSA) is 66.4 Å². The van der Waals surface area contributed by atoms with Gasteiger partial charge in [-0.25, -0.2) is 13.1 Å². The lowest BCUT2D eigenvalue weighted by molar-refractivity contribution is 0.119. The van der Waals surface area contributed by atoms with Gasteiger partial charge in [0.1, 0.15) is 0 Å². The third-order valence-electron chi connectivity index (χ3n) is 3.60. The normalized spacial score (nSPS) is 12.6. The highest BCUT2D eigenvalue weighted by Gasteiger charge is 2.27. The Hall–Kier alpha value is -0.180. The van der Waals surface area contributed by atoms with Crippen molar-refractivity contribution in [3.05, 3.63) is 27.8 Å². The number of nitrogens with one attached hydrogen (secondary N) is 1. The zero-order valence-electron chi connectivity index (χ0n) is 11.2. The van der Waals surface area contributed by atoms with Gasteiger partial charge in [-0.3, -0.25) is 0 Å². The molecule has 2 N–H and O–H groups in total. The van der Waals surface area contributed by atoms with Crippen molar-refractivity contribution in [3.8, 4) is 0 Å². The van der Waals surface area contributed by atoms with Gasteiger partial charge in [0, 0.05) is 22.1 Å². The Bertz CT molecular complexity index is 487. The van der Waals surface area contributed by atoms with Gasteiger partial charge in [-0.05, 0) is 59.7 Å². The van der Waals surface area contributed by atoms with Crippen molar-refractivity contribution in [3.63, 3.8) is 0 Å². The molecule has 0 aliphatic rings. The molecule has 0 saturated carbocycles. The second-order valence-corrected chi connectivity index (χ2v) is 7.66. The summed E-state index contributed by atoms with van der Waals surface area (Å²) < 4.78 is 27.9. The lowest BCUT2D eigenvalue weighted by atomic mass is 9.84. The highest BCUT2D eigenvalue weighted by Crippen LogP contribution is 2.25. The lowest BCUT2D eigenvalue weighted by Gasteiger charge is -2.29. The Labute approximate surface area is 128 Å². The molecule has 0 amide bonds. The molecule has 6 heteroatoms. The van der Waals surface area contributed by atoms with Crippen LogP contribution in [0, 0.1) is 8.99 Å². The van der Waals surface area contributed by atoms with Crippen LogP contribution in [0.5, 0.6) is 0 Å². The Kier molecular flexibility index (Phi) is 6.22. The van der Waals surface area contributed by atoms with Crippen molar-refractivity contribution in [2.45, 2.75) is 31.6 Å². The Morgan fingerprint density at radius 1 is 1.21 bits per heavy atom. The van der Waals surface area contributed by atoms with Crippen molar-refractivity contribution in [2.24, 2.45) is 5.41 Å². The van der Waals surface area contributed by atoms with Crippen LogP contribution in [0.4, 0.5) is 0 Å². The minimum absolute atomic E-state index is 0.0186. The monoisotopic (exact) mass is 397 g/mol. The molecule has 0 unspecified atom stereocenters. The molecule has 0 aromatic heterocycles. The van der Waals surface area contributed by atoms with E-state index in [9.17, 15) is 13.5 Å². The van der Waals surface area contributed by atoms with Crippen LogP contribution in [-0.2, 0) is 10.0 Å². The number of aliphatic hydroxyl groups excluding tert-OH is 1. The summed E-state index contributed by atoms with van der Waals surface area (Å²) in [5.74, 6) is 0. The summed E-state index contributed by atoms with van der Waals surface area (Å²) in [7, 11) is -3.50. The van der Waals surface area contributed by atoms with Gasteiger partial charge < -0.3 is 5.11 Å². The number of halogens is 1. The van der Waals surface area contributed by atoms with Crippen LogP contribution in [0.1, 0.15) is 26.7 Å². The first-order chi connectivity index (χ1) is 8.89. The molecule has 1 aromatic rings. The Morgan fingerprint density at radius 3 is 2.16 bits per heavy atom. The molecule has 0 fully saturated rings. The van der Waals surface area contributed by atoms with Gasteiger partial charge in [0.2, 0.25) is 10.0 Å². The molecule has 0 saturated heterocycles. The summed E-state index contributed by atoms with van der Waals surface area (Å²) in [6, 6.07) is 6.69. The summed E-state index contributed by atoms with van der Waals surface area (Å²) in [5.41, 5.74) is -0.379. The van der Waals surface area contributed by atoms with E-state index in [2.05, 4.69) is 27.3 Å². The predicted molar refractivity (Wildman–Crippen MR) is 84.4 cm³/mol. The third-order valence-corrected chi connectivity index (χ3v) is 5.73. The van der Waals surface area contributed by atoms with Crippen molar-refractivity contribution >= 4 is 32.6 Å². The van der Waals surface area contributed by atoms with E-state index in [1.807, 2.05) is 13.8 Å².